The van der Waals surface area contributed by atoms with E-state index < -0.39 is 11.8 Å². The second-order valence-corrected chi connectivity index (χ2v) is 5.37. The van der Waals surface area contributed by atoms with Crippen LogP contribution in [0, 0.1) is 5.92 Å². The predicted molar refractivity (Wildman–Crippen MR) is 81.2 cm³/mol. The van der Waals surface area contributed by atoms with Crippen molar-refractivity contribution in [1.29, 1.82) is 0 Å². The van der Waals surface area contributed by atoms with Crippen LogP contribution in [0.25, 0.3) is 0 Å². The number of carbonyl (C=O) groups is 2. The van der Waals surface area contributed by atoms with Gasteiger partial charge in [0, 0.05) is 6.54 Å². The van der Waals surface area contributed by atoms with Gasteiger partial charge in [0.1, 0.15) is 5.75 Å². The minimum Gasteiger partial charge on any atom is -0.495 e. The van der Waals surface area contributed by atoms with E-state index in [1.807, 2.05) is 0 Å². The molecule has 1 aliphatic rings. The van der Waals surface area contributed by atoms with Gasteiger partial charge in [-0.05, 0) is 30.9 Å². The number of nitrogens with one attached hydrogen (secondary N) is 2. The fourth-order valence-electron chi connectivity index (χ4n) is 2.64. The van der Waals surface area contributed by atoms with E-state index in [-0.39, 0.29) is 0 Å². The van der Waals surface area contributed by atoms with Crippen molar-refractivity contribution in [2.75, 3.05) is 19.0 Å². The average Bonchev–Trinajstić information content (AvgIpc) is 2.54. The lowest BCUT2D eigenvalue weighted by Gasteiger charge is -2.21. The zero-order valence-electron chi connectivity index (χ0n) is 12.4. The predicted octanol–water partition coefficient (Wildman–Crippen LogP) is 2.33. The quantitative estimate of drug-likeness (QED) is 0.836. The third kappa shape index (κ3) is 4.48. The fourth-order valence-corrected chi connectivity index (χ4v) is 2.64. The molecule has 0 aliphatic heterocycles. The van der Waals surface area contributed by atoms with Crippen molar-refractivity contribution in [3.05, 3.63) is 24.3 Å². The summed E-state index contributed by atoms with van der Waals surface area (Å²) in [6.45, 7) is 0.582. The van der Waals surface area contributed by atoms with E-state index >= 15 is 0 Å². The fraction of sp³-hybridized carbons (Fsp3) is 0.500. The van der Waals surface area contributed by atoms with Gasteiger partial charge in [-0.25, -0.2) is 0 Å². The molecule has 1 aromatic carbocycles. The van der Waals surface area contributed by atoms with Crippen LogP contribution in [-0.2, 0) is 9.59 Å². The summed E-state index contributed by atoms with van der Waals surface area (Å²) in [5.41, 5.74) is 0.498. The van der Waals surface area contributed by atoms with Gasteiger partial charge in [-0.3, -0.25) is 9.59 Å². The Balaban J connectivity index is 1.83. The number of hydrogen-bond donors (Lipinski definition) is 2. The summed E-state index contributed by atoms with van der Waals surface area (Å²) < 4.78 is 5.13. The van der Waals surface area contributed by atoms with Crippen LogP contribution in [-0.4, -0.2) is 25.5 Å². The number of anilines is 1. The summed E-state index contributed by atoms with van der Waals surface area (Å²) in [4.78, 5) is 23.7. The molecule has 114 valence electrons. The van der Waals surface area contributed by atoms with E-state index in [1.54, 1.807) is 24.3 Å². The SMILES string of the molecule is COc1ccccc1NC(=O)C(=O)NCC1CCCCC1. The van der Waals surface area contributed by atoms with Crippen LogP contribution in [0.15, 0.2) is 24.3 Å². The molecule has 0 saturated heterocycles. The van der Waals surface area contributed by atoms with Gasteiger partial charge in [0.05, 0.1) is 12.8 Å². The number of carbonyl (C=O) groups excluding carboxylic acids is 2. The maximum absolute atomic E-state index is 11.9. The minimum absolute atomic E-state index is 0.498. The number of hydrogen-bond acceptors (Lipinski definition) is 3. The monoisotopic (exact) mass is 290 g/mol. The summed E-state index contributed by atoms with van der Waals surface area (Å²) in [7, 11) is 1.52. The molecule has 1 saturated carbocycles. The molecule has 0 bridgehead atoms. The Hall–Kier alpha value is -2.04. The first kappa shape index (κ1) is 15.4. The van der Waals surface area contributed by atoms with Gasteiger partial charge in [-0.15, -0.1) is 0 Å². The topological polar surface area (TPSA) is 67.4 Å². The van der Waals surface area contributed by atoms with Crippen molar-refractivity contribution < 1.29 is 14.3 Å². The standard InChI is InChI=1S/C16H22N2O3/c1-21-14-10-6-5-9-13(14)18-16(20)15(19)17-11-12-7-3-2-4-8-12/h5-6,9-10,12H,2-4,7-8,11H2,1H3,(H,17,19)(H,18,20). The number of ether oxygens (including phenoxy) is 1. The highest BCUT2D eigenvalue weighted by atomic mass is 16.5. The molecule has 2 N–H and O–H groups in total. The van der Waals surface area contributed by atoms with Crippen LogP contribution in [0.4, 0.5) is 5.69 Å². The Kier molecular flexibility index (Phi) is 5.60. The zero-order valence-corrected chi connectivity index (χ0v) is 12.4. The van der Waals surface area contributed by atoms with Crippen LogP contribution in [0.5, 0.6) is 5.75 Å². The lowest BCUT2D eigenvalue weighted by molar-refractivity contribution is -0.136. The van der Waals surface area contributed by atoms with Gasteiger partial charge in [0.15, 0.2) is 0 Å². The molecule has 0 unspecified atom stereocenters. The second kappa shape index (κ2) is 7.67. The number of para-hydroxylation sites is 2. The Morgan fingerprint density at radius 2 is 1.86 bits per heavy atom. The second-order valence-electron chi connectivity index (χ2n) is 5.37. The van der Waals surface area contributed by atoms with Crippen LogP contribution in [0.1, 0.15) is 32.1 Å². The molecular weight excluding hydrogens is 268 g/mol. The van der Waals surface area contributed by atoms with E-state index in [2.05, 4.69) is 10.6 Å². The lowest BCUT2D eigenvalue weighted by atomic mass is 9.89. The third-order valence-corrected chi connectivity index (χ3v) is 3.84. The van der Waals surface area contributed by atoms with Gasteiger partial charge >= 0.3 is 11.8 Å². The van der Waals surface area contributed by atoms with E-state index in [0.29, 0.717) is 23.9 Å². The number of amides is 2. The van der Waals surface area contributed by atoms with Gasteiger partial charge < -0.3 is 15.4 Å². The summed E-state index contributed by atoms with van der Waals surface area (Å²) in [6, 6.07) is 7.01. The average molecular weight is 290 g/mol. The van der Waals surface area contributed by atoms with E-state index in [4.69, 9.17) is 4.74 Å². The molecule has 0 radical (unpaired) electrons. The molecule has 0 atom stereocenters. The zero-order chi connectivity index (χ0) is 15.1. The molecule has 21 heavy (non-hydrogen) atoms. The number of methoxy groups -OCH3 is 1. The third-order valence-electron chi connectivity index (χ3n) is 3.84. The van der Waals surface area contributed by atoms with Crippen molar-refractivity contribution in [2.24, 2.45) is 5.92 Å². The highest BCUT2D eigenvalue weighted by molar-refractivity contribution is 6.39. The van der Waals surface area contributed by atoms with Crippen LogP contribution in [0.2, 0.25) is 0 Å². The Morgan fingerprint density at radius 1 is 1.14 bits per heavy atom. The molecular formula is C16H22N2O3. The van der Waals surface area contributed by atoms with E-state index in [9.17, 15) is 9.59 Å². The Labute approximate surface area is 125 Å². The van der Waals surface area contributed by atoms with E-state index in [0.717, 1.165) is 12.8 Å². The molecule has 2 amide bonds. The largest absolute Gasteiger partial charge is 0.495 e. The molecule has 2 rings (SSSR count). The maximum atomic E-state index is 11.9. The lowest BCUT2D eigenvalue weighted by Crippen LogP contribution is -2.38. The van der Waals surface area contributed by atoms with Crippen LogP contribution in [0.3, 0.4) is 0 Å². The molecule has 0 aromatic heterocycles. The Morgan fingerprint density at radius 3 is 2.57 bits per heavy atom. The van der Waals surface area contributed by atoms with Crippen molar-refractivity contribution in [3.8, 4) is 5.75 Å². The summed E-state index contributed by atoms with van der Waals surface area (Å²) in [5, 5.41) is 5.29. The number of rotatable bonds is 4. The van der Waals surface area contributed by atoms with Gasteiger partial charge in [-0.1, -0.05) is 31.4 Å². The smallest absolute Gasteiger partial charge is 0.313 e. The number of benzene rings is 1. The van der Waals surface area contributed by atoms with Crippen molar-refractivity contribution >= 4 is 17.5 Å². The molecule has 0 heterocycles. The first-order valence-electron chi connectivity index (χ1n) is 7.43. The molecule has 1 fully saturated rings. The summed E-state index contributed by atoms with van der Waals surface area (Å²) in [6.07, 6.45) is 5.98. The van der Waals surface area contributed by atoms with Crippen molar-refractivity contribution in [1.82, 2.24) is 5.32 Å². The van der Waals surface area contributed by atoms with Crippen molar-refractivity contribution in [3.63, 3.8) is 0 Å². The highest BCUT2D eigenvalue weighted by Gasteiger charge is 2.18. The van der Waals surface area contributed by atoms with Gasteiger partial charge in [-0.2, -0.15) is 0 Å². The van der Waals surface area contributed by atoms with Crippen LogP contribution < -0.4 is 15.4 Å². The van der Waals surface area contributed by atoms with E-state index in [1.165, 1.54) is 26.4 Å². The normalized spacial score (nSPS) is 15.3. The first-order chi connectivity index (χ1) is 10.2. The highest BCUT2D eigenvalue weighted by Crippen LogP contribution is 2.23. The van der Waals surface area contributed by atoms with Gasteiger partial charge in [0.25, 0.3) is 0 Å². The maximum Gasteiger partial charge on any atom is 0.313 e. The molecule has 5 nitrogen and oxygen atoms in total. The van der Waals surface area contributed by atoms with Crippen molar-refractivity contribution in [2.45, 2.75) is 32.1 Å². The molecule has 0 spiro atoms. The Bertz CT molecular complexity index is 496. The minimum atomic E-state index is -0.657. The first-order valence-corrected chi connectivity index (χ1v) is 7.43. The molecule has 1 aliphatic carbocycles. The molecule has 1 aromatic rings. The summed E-state index contributed by atoms with van der Waals surface area (Å²) in [5.74, 6) is -0.213. The molecule has 5 heteroatoms. The van der Waals surface area contributed by atoms with Crippen LogP contribution >= 0.6 is 0 Å². The summed E-state index contributed by atoms with van der Waals surface area (Å²) >= 11 is 0. The van der Waals surface area contributed by atoms with Gasteiger partial charge in [0.2, 0.25) is 0 Å².